The zero-order valence-corrected chi connectivity index (χ0v) is 25.6. The van der Waals surface area contributed by atoms with Gasteiger partial charge in [-0.05, 0) is 82.9 Å². The second-order valence-electron chi connectivity index (χ2n) is 10.2. The summed E-state index contributed by atoms with van der Waals surface area (Å²) in [4.78, 5) is 25.3. The number of nitrogens with one attached hydrogen (secondary N) is 2. The van der Waals surface area contributed by atoms with Crippen molar-refractivity contribution in [1.29, 1.82) is 0 Å². The Kier molecular flexibility index (Phi) is 10.6. The van der Waals surface area contributed by atoms with Gasteiger partial charge in [-0.1, -0.05) is 97.1 Å². The van der Waals surface area contributed by atoms with Crippen LogP contribution < -0.4 is 20.1 Å². The van der Waals surface area contributed by atoms with Crippen molar-refractivity contribution in [3.63, 3.8) is 0 Å². The minimum atomic E-state index is -0.141. The van der Waals surface area contributed by atoms with Gasteiger partial charge in [-0.25, -0.2) is 0 Å². The Morgan fingerprint density at radius 1 is 0.435 bits per heavy atom. The summed E-state index contributed by atoms with van der Waals surface area (Å²) in [5, 5.41) is 5.85. The van der Waals surface area contributed by atoms with Crippen LogP contribution in [0.4, 0.5) is 11.4 Å². The number of amides is 2. The molecule has 2 N–H and O–H groups in total. The summed E-state index contributed by atoms with van der Waals surface area (Å²) >= 11 is 0. The van der Waals surface area contributed by atoms with Crippen molar-refractivity contribution in [2.45, 2.75) is 0 Å². The van der Waals surface area contributed by atoms with Crippen LogP contribution in [0, 0.1) is 0 Å². The fourth-order valence-electron chi connectivity index (χ4n) is 4.85. The molecular weight excluding hydrogens is 572 g/mol. The zero-order valence-electron chi connectivity index (χ0n) is 25.6. The van der Waals surface area contributed by atoms with E-state index in [-0.39, 0.29) is 11.8 Å². The van der Waals surface area contributed by atoms with Crippen molar-refractivity contribution in [3.8, 4) is 33.8 Å². The third-order valence-corrected chi connectivity index (χ3v) is 7.18. The number of anilines is 2. The highest BCUT2D eigenvalue weighted by Gasteiger charge is 2.15. The summed E-state index contributed by atoms with van der Waals surface area (Å²) in [5.74, 6) is 1.16. The summed E-state index contributed by atoms with van der Waals surface area (Å²) < 4.78 is 10.6. The zero-order chi connectivity index (χ0) is 32.1. The van der Waals surface area contributed by atoms with Gasteiger partial charge in [-0.2, -0.15) is 0 Å². The van der Waals surface area contributed by atoms with Crippen molar-refractivity contribution in [2.75, 3.05) is 24.9 Å². The maximum absolute atomic E-state index is 12.7. The molecule has 0 saturated heterocycles. The number of hydrogen-bond acceptors (Lipinski definition) is 4. The number of hydrogen-bond donors (Lipinski definition) is 2. The quantitative estimate of drug-likeness (QED) is 0.181. The largest absolute Gasteiger partial charge is 0.497 e. The minimum Gasteiger partial charge on any atom is -0.497 e. The summed E-state index contributed by atoms with van der Waals surface area (Å²) in [5.41, 5.74) is 6.41. The van der Waals surface area contributed by atoms with Crippen molar-refractivity contribution in [3.05, 3.63) is 169 Å². The van der Waals surface area contributed by atoms with E-state index < -0.39 is 0 Å². The van der Waals surface area contributed by atoms with Gasteiger partial charge in [0.1, 0.15) is 11.5 Å². The molecular formula is C40H34N2O4. The number of methoxy groups -OCH3 is 2. The summed E-state index contributed by atoms with van der Waals surface area (Å²) in [6.07, 6.45) is 0. The Hall–Kier alpha value is -6.14. The molecule has 6 aromatic rings. The third kappa shape index (κ3) is 8.07. The van der Waals surface area contributed by atoms with Crippen LogP contribution in [0.3, 0.4) is 0 Å². The molecule has 0 unspecified atom stereocenters. The molecule has 0 aliphatic carbocycles. The van der Waals surface area contributed by atoms with E-state index >= 15 is 0 Å². The van der Waals surface area contributed by atoms with Crippen LogP contribution in [0.2, 0.25) is 0 Å². The molecule has 0 bridgehead atoms. The lowest BCUT2D eigenvalue weighted by Crippen LogP contribution is -2.13. The summed E-state index contributed by atoms with van der Waals surface area (Å²) in [6.45, 7) is 0. The van der Waals surface area contributed by atoms with E-state index in [1.165, 1.54) is 0 Å². The Balaban J connectivity index is 0.000000181. The third-order valence-electron chi connectivity index (χ3n) is 7.18. The monoisotopic (exact) mass is 606 g/mol. The van der Waals surface area contributed by atoms with Crippen molar-refractivity contribution in [2.24, 2.45) is 0 Å². The molecule has 0 aliphatic rings. The molecule has 2 amide bonds. The maximum atomic E-state index is 12.7. The van der Waals surface area contributed by atoms with Crippen LogP contribution in [0.1, 0.15) is 20.7 Å². The molecule has 0 fully saturated rings. The van der Waals surface area contributed by atoms with Gasteiger partial charge in [0.2, 0.25) is 0 Å². The fourth-order valence-corrected chi connectivity index (χ4v) is 4.85. The van der Waals surface area contributed by atoms with Crippen LogP contribution in [0.15, 0.2) is 158 Å². The standard InChI is InChI=1S/2C20H17NO2/c2*1-23-17-12-13-18(19(14-17)15-8-4-2-5-9-15)20(22)21-16-10-6-3-7-11-16/h2*2-14H,1H3,(H,21,22). The number of benzene rings is 6. The average molecular weight is 607 g/mol. The van der Waals surface area contributed by atoms with Gasteiger partial charge in [-0.3, -0.25) is 9.59 Å². The molecule has 0 heterocycles. The first-order chi connectivity index (χ1) is 22.6. The van der Waals surface area contributed by atoms with Gasteiger partial charge in [0, 0.05) is 22.5 Å². The van der Waals surface area contributed by atoms with E-state index in [4.69, 9.17) is 9.47 Å². The first-order valence-electron chi connectivity index (χ1n) is 14.8. The highest BCUT2D eigenvalue weighted by atomic mass is 16.5. The molecule has 0 aromatic heterocycles. The molecule has 0 radical (unpaired) electrons. The van der Waals surface area contributed by atoms with Gasteiger partial charge < -0.3 is 20.1 Å². The van der Waals surface area contributed by atoms with Gasteiger partial charge >= 0.3 is 0 Å². The van der Waals surface area contributed by atoms with E-state index in [9.17, 15) is 9.59 Å². The summed E-state index contributed by atoms with van der Waals surface area (Å²) in [7, 11) is 3.24. The van der Waals surface area contributed by atoms with Gasteiger partial charge in [0.05, 0.1) is 14.2 Å². The normalized spacial score (nSPS) is 10.1. The molecule has 6 nitrogen and oxygen atoms in total. The summed E-state index contributed by atoms with van der Waals surface area (Å²) in [6, 6.07) is 49.4. The predicted molar refractivity (Wildman–Crippen MR) is 186 cm³/mol. The van der Waals surface area contributed by atoms with E-state index in [0.29, 0.717) is 11.1 Å². The van der Waals surface area contributed by atoms with Crippen molar-refractivity contribution in [1.82, 2.24) is 0 Å². The first-order valence-corrected chi connectivity index (χ1v) is 14.8. The Morgan fingerprint density at radius 3 is 1.09 bits per heavy atom. The number of carbonyl (C=O) groups is 2. The molecule has 0 saturated carbocycles. The Bertz CT molecular complexity index is 1740. The molecule has 228 valence electrons. The Labute approximate surface area is 269 Å². The first kappa shape index (κ1) is 31.3. The molecule has 0 aliphatic heterocycles. The lowest BCUT2D eigenvalue weighted by atomic mass is 9.98. The number of ether oxygens (including phenoxy) is 2. The van der Waals surface area contributed by atoms with E-state index in [0.717, 1.165) is 45.1 Å². The minimum absolute atomic E-state index is 0.141. The second kappa shape index (κ2) is 15.5. The van der Waals surface area contributed by atoms with Crippen LogP contribution in [-0.4, -0.2) is 26.0 Å². The molecule has 0 spiro atoms. The number of para-hydroxylation sites is 2. The van der Waals surface area contributed by atoms with Crippen molar-refractivity contribution >= 4 is 23.2 Å². The highest BCUT2D eigenvalue weighted by molar-refractivity contribution is 6.09. The van der Waals surface area contributed by atoms with Crippen molar-refractivity contribution < 1.29 is 19.1 Å². The second-order valence-corrected chi connectivity index (χ2v) is 10.2. The lowest BCUT2D eigenvalue weighted by molar-refractivity contribution is 0.101. The molecule has 0 atom stereocenters. The van der Waals surface area contributed by atoms with Crippen LogP contribution in [-0.2, 0) is 0 Å². The maximum Gasteiger partial charge on any atom is 0.256 e. The van der Waals surface area contributed by atoms with Gasteiger partial charge in [0.15, 0.2) is 0 Å². The van der Waals surface area contributed by atoms with Crippen LogP contribution >= 0.6 is 0 Å². The molecule has 6 aromatic carbocycles. The number of carbonyl (C=O) groups excluding carboxylic acids is 2. The highest BCUT2D eigenvalue weighted by Crippen LogP contribution is 2.30. The smallest absolute Gasteiger partial charge is 0.256 e. The van der Waals surface area contributed by atoms with E-state index in [2.05, 4.69) is 10.6 Å². The fraction of sp³-hybridized carbons (Fsp3) is 0.0500. The molecule has 46 heavy (non-hydrogen) atoms. The molecule has 6 rings (SSSR count). The van der Waals surface area contributed by atoms with Crippen LogP contribution in [0.25, 0.3) is 22.3 Å². The Morgan fingerprint density at radius 2 is 0.761 bits per heavy atom. The molecule has 6 heteroatoms. The average Bonchev–Trinajstić information content (AvgIpc) is 3.13. The van der Waals surface area contributed by atoms with Gasteiger partial charge in [0.25, 0.3) is 11.8 Å². The van der Waals surface area contributed by atoms with E-state index in [1.807, 2.05) is 133 Å². The lowest BCUT2D eigenvalue weighted by Gasteiger charge is -2.12. The topological polar surface area (TPSA) is 76.7 Å². The van der Waals surface area contributed by atoms with Gasteiger partial charge in [-0.15, -0.1) is 0 Å². The van der Waals surface area contributed by atoms with E-state index in [1.54, 1.807) is 38.5 Å². The van der Waals surface area contributed by atoms with Crippen LogP contribution in [0.5, 0.6) is 11.5 Å². The SMILES string of the molecule is COc1ccc(C(=O)Nc2ccccc2)c(-c2ccccc2)c1.COc1ccc(C(=O)Nc2ccccc2)c(-c2ccccc2)c1. The predicted octanol–water partition coefficient (Wildman–Crippen LogP) is 9.23. The number of rotatable bonds is 8.